The van der Waals surface area contributed by atoms with Gasteiger partial charge in [-0.1, -0.05) is 12.1 Å². The summed E-state index contributed by atoms with van der Waals surface area (Å²) in [5, 5.41) is 10.9. The first-order chi connectivity index (χ1) is 7.91. The molecule has 1 aromatic rings. The van der Waals surface area contributed by atoms with E-state index in [1.54, 1.807) is 18.2 Å². The number of carboxylic acid groups (broad SMARTS) is 1. The number of ketones is 1. The van der Waals surface area contributed by atoms with Crippen LogP contribution in [0.25, 0.3) is 0 Å². The van der Waals surface area contributed by atoms with Crippen LogP contribution in [0.4, 0.5) is 5.69 Å². The summed E-state index contributed by atoms with van der Waals surface area (Å²) in [6.45, 7) is 1.39. The van der Waals surface area contributed by atoms with Crippen molar-refractivity contribution in [2.45, 2.75) is 13.0 Å². The van der Waals surface area contributed by atoms with Crippen molar-refractivity contribution in [2.75, 3.05) is 5.32 Å². The number of amides is 1. The maximum Gasteiger partial charge on any atom is 0.330 e. The molecule has 90 valence electrons. The average molecular weight is 236 g/mol. The summed E-state index contributed by atoms with van der Waals surface area (Å²) >= 11 is 0. The number of hydrogen-bond acceptors (Lipinski definition) is 4. The normalized spacial score (nSPS) is 11.6. The lowest BCUT2D eigenvalue weighted by atomic mass is 10.1. The molecule has 0 aliphatic heterocycles. The molecular formula is C11H12N2O4. The number of benzene rings is 1. The van der Waals surface area contributed by atoms with Crippen LogP contribution in [0.15, 0.2) is 24.3 Å². The second kappa shape index (κ2) is 5.22. The Labute approximate surface area is 97.4 Å². The van der Waals surface area contributed by atoms with Gasteiger partial charge >= 0.3 is 5.97 Å². The molecule has 6 heteroatoms. The lowest BCUT2D eigenvalue weighted by molar-refractivity contribution is -0.141. The van der Waals surface area contributed by atoms with E-state index < -0.39 is 17.9 Å². The minimum absolute atomic E-state index is 0.149. The molecule has 17 heavy (non-hydrogen) atoms. The van der Waals surface area contributed by atoms with Gasteiger partial charge in [-0.25, -0.2) is 4.79 Å². The van der Waals surface area contributed by atoms with Crippen LogP contribution in [0.3, 0.4) is 0 Å². The second-order valence-electron chi connectivity index (χ2n) is 3.44. The lowest BCUT2D eigenvalue weighted by Crippen LogP contribution is -2.42. The number of nitrogens with one attached hydrogen (secondary N) is 1. The van der Waals surface area contributed by atoms with Gasteiger partial charge in [-0.2, -0.15) is 0 Å². The first kappa shape index (κ1) is 12.9. The molecule has 1 unspecified atom stereocenters. The van der Waals surface area contributed by atoms with Crippen molar-refractivity contribution in [1.29, 1.82) is 0 Å². The van der Waals surface area contributed by atoms with E-state index in [0.717, 1.165) is 0 Å². The van der Waals surface area contributed by atoms with Gasteiger partial charge < -0.3 is 16.2 Å². The number of rotatable bonds is 4. The molecule has 0 saturated carbocycles. The van der Waals surface area contributed by atoms with E-state index in [1.165, 1.54) is 13.0 Å². The number of Topliss-reactive ketones (excluding diaryl/α,β-unsaturated/α-hetero) is 1. The van der Waals surface area contributed by atoms with Crippen molar-refractivity contribution < 1.29 is 19.5 Å². The lowest BCUT2D eigenvalue weighted by Gasteiger charge is -2.08. The van der Waals surface area contributed by atoms with Crippen LogP contribution >= 0.6 is 0 Å². The minimum Gasteiger partial charge on any atom is -0.480 e. The molecule has 0 aromatic heterocycles. The fourth-order valence-corrected chi connectivity index (χ4v) is 1.15. The van der Waals surface area contributed by atoms with Crippen molar-refractivity contribution in [2.24, 2.45) is 5.73 Å². The fraction of sp³-hybridized carbons (Fsp3) is 0.182. The van der Waals surface area contributed by atoms with E-state index in [4.69, 9.17) is 10.8 Å². The Morgan fingerprint density at radius 2 is 2.00 bits per heavy atom. The van der Waals surface area contributed by atoms with Gasteiger partial charge in [-0.05, 0) is 19.1 Å². The third-order valence-electron chi connectivity index (χ3n) is 2.09. The van der Waals surface area contributed by atoms with Crippen molar-refractivity contribution in [3.05, 3.63) is 29.8 Å². The zero-order chi connectivity index (χ0) is 13.0. The standard InChI is InChI=1S/C11H12N2O4/c1-6(14)7-3-2-4-8(5-7)13-10(15)9(12)11(16)17/h2-5,9H,12H2,1H3,(H,13,15)(H,16,17). The fourth-order valence-electron chi connectivity index (χ4n) is 1.15. The Kier molecular flexibility index (Phi) is 3.95. The average Bonchev–Trinajstić information content (AvgIpc) is 2.28. The molecule has 1 atom stereocenters. The van der Waals surface area contributed by atoms with Crippen molar-refractivity contribution in [3.63, 3.8) is 0 Å². The molecule has 0 fully saturated rings. The van der Waals surface area contributed by atoms with Crippen molar-refractivity contribution in [3.8, 4) is 0 Å². The van der Waals surface area contributed by atoms with E-state index in [2.05, 4.69) is 5.32 Å². The molecule has 0 radical (unpaired) electrons. The molecule has 4 N–H and O–H groups in total. The second-order valence-corrected chi connectivity index (χ2v) is 3.44. The zero-order valence-corrected chi connectivity index (χ0v) is 9.14. The number of aliphatic carboxylic acids is 1. The summed E-state index contributed by atoms with van der Waals surface area (Å²) in [6.07, 6.45) is 0. The van der Waals surface area contributed by atoms with Gasteiger partial charge in [0, 0.05) is 11.3 Å². The van der Waals surface area contributed by atoms with Gasteiger partial charge in [-0.15, -0.1) is 0 Å². The number of anilines is 1. The maximum absolute atomic E-state index is 11.3. The molecule has 6 nitrogen and oxygen atoms in total. The first-order valence-corrected chi connectivity index (χ1v) is 4.82. The maximum atomic E-state index is 11.3. The Balaban J connectivity index is 2.82. The number of carbonyl (C=O) groups is 3. The van der Waals surface area contributed by atoms with Crippen LogP contribution < -0.4 is 11.1 Å². The zero-order valence-electron chi connectivity index (χ0n) is 9.14. The van der Waals surface area contributed by atoms with Crippen LogP contribution in [-0.4, -0.2) is 28.8 Å². The first-order valence-electron chi connectivity index (χ1n) is 4.82. The van der Waals surface area contributed by atoms with Gasteiger partial charge in [0.15, 0.2) is 11.8 Å². The Morgan fingerprint density at radius 1 is 1.35 bits per heavy atom. The van der Waals surface area contributed by atoms with Gasteiger partial charge in [0.2, 0.25) is 0 Å². The molecule has 0 heterocycles. The third kappa shape index (κ3) is 3.39. The van der Waals surface area contributed by atoms with Crippen LogP contribution in [-0.2, 0) is 9.59 Å². The molecule has 0 aliphatic rings. The summed E-state index contributed by atoms with van der Waals surface area (Å²) in [5.74, 6) is -2.40. The number of carbonyl (C=O) groups excluding carboxylic acids is 2. The molecule has 0 bridgehead atoms. The summed E-state index contributed by atoms with van der Waals surface area (Å²) in [4.78, 5) is 32.9. The molecule has 1 amide bonds. The van der Waals surface area contributed by atoms with E-state index >= 15 is 0 Å². The highest BCUT2D eigenvalue weighted by molar-refractivity contribution is 6.08. The highest BCUT2D eigenvalue weighted by Crippen LogP contribution is 2.11. The molecule has 0 spiro atoms. The summed E-state index contributed by atoms with van der Waals surface area (Å²) in [7, 11) is 0. The van der Waals surface area contributed by atoms with E-state index in [1.807, 2.05) is 0 Å². The van der Waals surface area contributed by atoms with Crippen molar-refractivity contribution >= 4 is 23.3 Å². The van der Waals surface area contributed by atoms with Gasteiger partial charge in [0.1, 0.15) is 0 Å². The summed E-state index contributed by atoms with van der Waals surface area (Å²) in [5.41, 5.74) is 5.88. The molecule has 0 aliphatic carbocycles. The van der Waals surface area contributed by atoms with Gasteiger partial charge in [0.05, 0.1) is 0 Å². The Hall–Kier alpha value is -2.21. The quantitative estimate of drug-likeness (QED) is 0.512. The number of nitrogens with two attached hydrogens (primary N) is 1. The number of carboxylic acids is 1. The summed E-state index contributed by atoms with van der Waals surface area (Å²) in [6, 6.07) is 4.54. The SMILES string of the molecule is CC(=O)c1cccc(NC(=O)C(N)C(=O)O)c1. The molecular weight excluding hydrogens is 224 g/mol. The monoisotopic (exact) mass is 236 g/mol. The number of hydrogen-bond donors (Lipinski definition) is 3. The van der Waals surface area contributed by atoms with Crippen molar-refractivity contribution in [1.82, 2.24) is 0 Å². The topological polar surface area (TPSA) is 109 Å². The van der Waals surface area contributed by atoms with Crippen LogP contribution in [0.1, 0.15) is 17.3 Å². The highest BCUT2D eigenvalue weighted by Gasteiger charge is 2.21. The summed E-state index contributed by atoms with van der Waals surface area (Å²) < 4.78 is 0. The van der Waals surface area contributed by atoms with E-state index in [0.29, 0.717) is 11.3 Å². The van der Waals surface area contributed by atoms with Crippen LogP contribution in [0.2, 0.25) is 0 Å². The minimum atomic E-state index is -1.63. The Morgan fingerprint density at radius 3 is 2.53 bits per heavy atom. The van der Waals surface area contributed by atoms with E-state index in [9.17, 15) is 14.4 Å². The largest absolute Gasteiger partial charge is 0.480 e. The Bertz CT molecular complexity index is 470. The highest BCUT2D eigenvalue weighted by atomic mass is 16.4. The predicted molar refractivity (Wildman–Crippen MR) is 60.7 cm³/mol. The molecule has 1 aromatic carbocycles. The van der Waals surface area contributed by atoms with Gasteiger partial charge in [-0.3, -0.25) is 9.59 Å². The smallest absolute Gasteiger partial charge is 0.330 e. The predicted octanol–water partition coefficient (Wildman–Crippen LogP) is 0.240. The van der Waals surface area contributed by atoms with Crippen LogP contribution in [0, 0.1) is 0 Å². The van der Waals surface area contributed by atoms with Gasteiger partial charge in [0.25, 0.3) is 5.91 Å². The molecule has 0 saturated heterocycles. The van der Waals surface area contributed by atoms with Crippen LogP contribution in [0.5, 0.6) is 0 Å². The third-order valence-corrected chi connectivity index (χ3v) is 2.09. The van der Waals surface area contributed by atoms with E-state index in [-0.39, 0.29) is 5.78 Å². The molecule has 1 rings (SSSR count).